The number of amides is 1. The maximum Gasteiger partial charge on any atom is 0.224 e. The van der Waals surface area contributed by atoms with Crippen molar-refractivity contribution in [3.05, 3.63) is 72.3 Å². The number of anilines is 1. The lowest BCUT2D eigenvalue weighted by Crippen LogP contribution is -2.44. The van der Waals surface area contributed by atoms with Gasteiger partial charge in [0.05, 0.1) is 20.3 Å². The summed E-state index contributed by atoms with van der Waals surface area (Å²) in [5.41, 5.74) is 7.28. The van der Waals surface area contributed by atoms with E-state index in [1.165, 1.54) is 27.4 Å². The van der Waals surface area contributed by atoms with E-state index < -0.39 is 8.07 Å². The fourth-order valence-corrected chi connectivity index (χ4v) is 5.72. The molecule has 0 spiro atoms. The molecular weight excluding hydrogens is 346 g/mol. The number of hydrogen-bond acceptors (Lipinski definition) is 1. The van der Waals surface area contributed by atoms with E-state index in [9.17, 15) is 4.79 Å². The van der Waals surface area contributed by atoms with E-state index in [2.05, 4.69) is 80.3 Å². The Morgan fingerprint density at radius 2 is 1.52 bits per heavy atom. The Morgan fingerprint density at radius 1 is 0.852 bits per heavy atom. The van der Waals surface area contributed by atoms with Gasteiger partial charge in [-0.15, -0.1) is 0 Å². The molecule has 0 bridgehead atoms. The molecule has 0 radical (unpaired) electrons. The molecule has 0 aromatic heterocycles. The number of nitrogens with zero attached hydrogens (tertiary/aromatic N) is 1. The van der Waals surface area contributed by atoms with Crippen LogP contribution in [-0.2, 0) is 11.3 Å². The second kappa shape index (κ2) is 6.50. The first-order chi connectivity index (χ1) is 12.9. The lowest BCUT2D eigenvalue weighted by Gasteiger charge is -2.35. The van der Waals surface area contributed by atoms with E-state index in [1.54, 1.807) is 6.92 Å². The van der Waals surface area contributed by atoms with Crippen LogP contribution < -0.4 is 10.1 Å². The highest BCUT2D eigenvalue weighted by atomic mass is 28.3. The Kier molecular flexibility index (Phi) is 4.27. The minimum Gasteiger partial charge on any atom is -0.308 e. The molecule has 3 aromatic carbocycles. The highest BCUT2D eigenvalue weighted by Gasteiger charge is 2.30. The quantitative estimate of drug-likeness (QED) is 0.550. The molecule has 1 aliphatic rings. The minimum absolute atomic E-state index is 0.0989. The van der Waals surface area contributed by atoms with E-state index in [0.717, 1.165) is 11.3 Å². The van der Waals surface area contributed by atoms with Crippen LogP contribution in [0.5, 0.6) is 0 Å². The van der Waals surface area contributed by atoms with Crippen LogP contribution in [0, 0.1) is 0 Å². The molecule has 1 amide bonds. The zero-order valence-electron chi connectivity index (χ0n) is 16.4. The van der Waals surface area contributed by atoms with Crippen LogP contribution in [-0.4, -0.2) is 14.0 Å². The summed E-state index contributed by atoms with van der Waals surface area (Å²) in [6.07, 6.45) is 0. The smallest absolute Gasteiger partial charge is 0.224 e. The van der Waals surface area contributed by atoms with Crippen LogP contribution in [0.25, 0.3) is 22.3 Å². The minimum atomic E-state index is -1.60. The Bertz CT molecular complexity index is 1020. The lowest BCUT2D eigenvalue weighted by molar-refractivity contribution is -0.116. The predicted molar refractivity (Wildman–Crippen MR) is 117 cm³/mol. The van der Waals surface area contributed by atoms with Gasteiger partial charge in [-0.05, 0) is 34.4 Å². The van der Waals surface area contributed by atoms with E-state index >= 15 is 0 Å². The number of fused-ring (bicyclic) bond motifs is 3. The molecule has 1 heterocycles. The molecule has 0 saturated carbocycles. The van der Waals surface area contributed by atoms with Crippen LogP contribution in [0.4, 0.5) is 5.69 Å². The molecule has 0 N–H and O–H groups in total. The number of benzene rings is 3. The Morgan fingerprint density at radius 3 is 2.19 bits per heavy atom. The standard InChI is InChI=1S/C24H25NOSi/c1-17(26)25-16-22-21(20-12-8-9-13-23(20)25)14-19(15-24(22)27(2,3)4)18-10-6-5-7-11-18/h5-15H,16H2,1-4H3. The molecule has 0 aliphatic carbocycles. The molecule has 0 saturated heterocycles. The van der Waals surface area contributed by atoms with E-state index in [-0.39, 0.29) is 5.91 Å². The summed E-state index contributed by atoms with van der Waals surface area (Å²) in [7, 11) is -1.60. The van der Waals surface area contributed by atoms with Crippen LogP contribution >= 0.6 is 0 Å². The van der Waals surface area contributed by atoms with Gasteiger partial charge in [-0.2, -0.15) is 0 Å². The van der Waals surface area contributed by atoms with Crippen molar-refractivity contribution in [2.24, 2.45) is 0 Å². The van der Waals surface area contributed by atoms with Crippen LogP contribution in [0.2, 0.25) is 19.6 Å². The first kappa shape index (κ1) is 17.7. The predicted octanol–water partition coefficient (Wildman–Crippen LogP) is 5.43. The lowest BCUT2D eigenvalue weighted by atomic mass is 9.90. The molecule has 0 atom stereocenters. The third-order valence-electron chi connectivity index (χ3n) is 5.35. The number of hydrogen-bond donors (Lipinski definition) is 0. The topological polar surface area (TPSA) is 20.3 Å². The molecule has 2 nitrogen and oxygen atoms in total. The third-order valence-corrected chi connectivity index (χ3v) is 7.41. The Balaban J connectivity index is 2.03. The van der Waals surface area contributed by atoms with Crippen molar-refractivity contribution in [1.82, 2.24) is 0 Å². The van der Waals surface area contributed by atoms with Crippen molar-refractivity contribution in [1.29, 1.82) is 0 Å². The zero-order chi connectivity index (χ0) is 19.2. The first-order valence-corrected chi connectivity index (χ1v) is 13.0. The van der Waals surface area contributed by atoms with Crippen molar-refractivity contribution < 1.29 is 4.79 Å². The van der Waals surface area contributed by atoms with Gasteiger partial charge in [-0.25, -0.2) is 0 Å². The van der Waals surface area contributed by atoms with Crippen molar-refractivity contribution in [2.45, 2.75) is 33.1 Å². The average molecular weight is 372 g/mol. The molecule has 27 heavy (non-hydrogen) atoms. The summed E-state index contributed by atoms with van der Waals surface area (Å²) >= 11 is 0. The van der Waals surface area contributed by atoms with Crippen molar-refractivity contribution in [3.8, 4) is 22.3 Å². The monoisotopic (exact) mass is 371 g/mol. The van der Waals surface area contributed by atoms with E-state index in [4.69, 9.17) is 0 Å². The van der Waals surface area contributed by atoms with Crippen LogP contribution in [0.3, 0.4) is 0 Å². The normalized spacial score (nSPS) is 13.1. The number of carbonyl (C=O) groups excluding carboxylic acids is 1. The summed E-state index contributed by atoms with van der Waals surface area (Å²) in [5.74, 6) is 0.0989. The van der Waals surface area contributed by atoms with Gasteiger partial charge in [0.1, 0.15) is 0 Å². The SMILES string of the molecule is CC(=O)N1Cc2c(cc(-c3ccccc3)cc2[Si](C)(C)C)-c2ccccc21. The van der Waals surface area contributed by atoms with Crippen molar-refractivity contribution in [2.75, 3.05) is 4.90 Å². The van der Waals surface area contributed by atoms with Gasteiger partial charge in [0, 0.05) is 12.5 Å². The first-order valence-electron chi connectivity index (χ1n) is 9.46. The molecule has 3 heteroatoms. The van der Waals surface area contributed by atoms with Gasteiger partial charge < -0.3 is 4.90 Å². The highest BCUT2D eigenvalue weighted by Crippen LogP contribution is 2.40. The summed E-state index contributed by atoms with van der Waals surface area (Å²) in [6, 6.07) is 23.5. The maximum absolute atomic E-state index is 12.4. The second-order valence-corrected chi connectivity index (χ2v) is 13.3. The highest BCUT2D eigenvalue weighted by molar-refractivity contribution is 6.89. The van der Waals surface area contributed by atoms with Gasteiger partial charge in [-0.3, -0.25) is 4.79 Å². The maximum atomic E-state index is 12.4. The average Bonchev–Trinajstić information content (AvgIpc) is 2.66. The van der Waals surface area contributed by atoms with Crippen molar-refractivity contribution in [3.63, 3.8) is 0 Å². The molecule has 3 aromatic rings. The van der Waals surface area contributed by atoms with Gasteiger partial charge in [0.2, 0.25) is 5.91 Å². The van der Waals surface area contributed by atoms with Gasteiger partial charge in [0.15, 0.2) is 0 Å². The van der Waals surface area contributed by atoms with Gasteiger partial charge in [0.25, 0.3) is 0 Å². The van der Waals surface area contributed by atoms with Gasteiger partial charge >= 0.3 is 0 Å². The number of carbonyl (C=O) groups is 1. The number of rotatable bonds is 2. The molecule has 0 fully saturated rings. The second-order valence-electron chi connectivity index (χ2n) is 8.29. The summed E-state index contributed by atoms with van der Waals surface area (Å²) in [6.45, 7) is 9.48. The Labute approximate surface area is 162 Å². The summed E-state index contributed by atoms with van der Waals surface area (Å²) < 4.78 is 0. The van der Waals surface area contributed by atoms with Crippen LogP contribution in [0.15, 0.2) is 66.7 Å². The largest absolute Gasteiger partial charge is 0.308 e. The molecular formula is C24H25NOSi. The van der Waals surface area contributed by atoms with E-state index in [1.807, 2.05) is 11.0 Å². The zero-order valence-corrected chi connectivity index (χ0v) is 17.4. The fourth-order valence-electron chi connectivity index (χ4n) is 4.01. The summed E-state index contributed by atoms with van der Waals surface area (Å²) in [5, 5.41) is 1.44. The molecule has 1 aliphatic heterocycles. The molecule has 4 rings (SSSR count). The number of para-hydroxylation sites is 1. The molecule has 136 valence electrons. The van der Waals surface area contributed by atoms with Crippen LogP contribution in [0.1, 0.15) is 12.5 Å². The Hall–Kier alpha value is -2.65. The molecule has 0 unspecified atom stereocenters. The van der Waals surface area contributed by atoms with Crippen molar-refractivity contribution >= 4 is 24.9 Å². The third kappa shape index (κ3) is 3.13. The van der Waals surface area contributed by atoms with E-state index in [0.29, 0.717) is 6.54 Å². The van der Waals surface area contributed by atoms with Gasteiger partial charge in [-0.1, -0.05) is 79.4 Å². The summed E-state index contributed by atoms with van der Waals surface area (Å²) in [4.78, 5) is 14.3. The fraction of sp³-hybridized carbons (Fsp3) is 0.208.